The minimum atomic E-state index is -0.202. The second kappa shape index (κ2) is 10.6. The number of rotatable bonds is 9. The van der Waals surface area contributed by atoms with Crippen LogP contribution < -0.4 is 20.1 Å². The van der Waals surface area contributed by atoms with Crippen LogP contribution in [0.3, 0.4) is 0 Å². The Morgan fingerprint density at radius 3 is 2.54 bits per heavy atom. The van der Waals surface area contributed by atoms with E-state index in [1.165, 1.54) is 19.3 Å². The number of methoxy groups -OCH3 is 1. The standard InChI is InChI=1S/C21H29N3O4/c1-26-17-7-9-18(10-8-17)27-15-11-22-21(25)23-16-19(20-6-5-14-28-20)24-12-3-2-4-13-24/h5-10,14,19H,2-4,11-13,15-16H2,1H3,(H2,22,23,25). The third kappa shape index (κ3) is 5.92. The highest BCUT2D eigenvalue weighted by Gasteiger charge is 2.24. The van der Waals surface area contributed by atoms with E-state index in [-0.39, 0.29) is 12.1 Å². The number of hydrogen-bond acceptors (Lipinski definition) is 5. The summed E-state index contributed by atoms with van der Waals surface area (Å²) in [5, 5.41) is 5.79. The molecule has 1 aromatic carbocycles. The maximum Gasteiger partial charge on any atom is 0.314 e. The van der Waals surface area contributed by atoms with E-state index in [2.05, 4.69) is 15.5 Å². The zero-order valence-corrected chi connectivity index (χ0v) is 16.4. The van der Waals surface area contributed by atoms with Crippen molar-refractivity contribution < 1.29 is 18.7 Å². The quantitative estimate of drug-likeness (QED) is 0.646. The fourth-order valence-corrected chi connectivity index (χ4v) is 3.38. The number of furan rings is 1. The number of likely N-dealkylation sites (tertiary alicyclic amines) is 1. The van der Waals surface area contributed by atoms with Crippen molar-refractivity contribution in [3.8, 4) is 11.5 Å². The van der Waals surface area contributed by atoms with Gasteiger partial charge in [-0.2, -0.15) is 0 Å². The first-order chi connectivity index (χ1) is 13.8. The fraction of sp³-hybridized carbons (Fsp3) is 0.476. The largest absolute Gasteiger partial charge is 0.497 e. The Morgan fingerprint density at radius 1 is 1.11 bits per heavy atom. The van der Waals surface area contributed by atoms with Crippen molar-refractivity contribution in [2.75, 3.05) is 39.9 Å². The molecule has 7 heteroatoms. The van der Waals surface area contributed by atoms with E-state index in [1.807, 2.05) is 36.4 Å². The molecular weight excluding hydrogens is 358 g/mol. The zero-order chi connectivity index (χ0) is 19.6. The number of carbonyl (C=O) groups is 1. The molecular formula is C21H29N3O4. The first-order valence-electron chi connectivity index (χ1n) is 9.82. The van der Waals surface area contributed by atoms with Crippen LogP contribution in [0.1, 0.15) is 31.1 Å². The molecule has 1 fully saturated rings. The van der Waals surface area contributed by atoms with Crippen LogP contribution >= 0.6 is 0 Å². The number of urea groups is 1. The van der Waals surface area contributed by atoms with E-state index in [0.29, 0.717) is 19.7 Å². The van der Waals surface area contributed by atoms with Gasteiger partial charge in [0.05, 0.1) is 26.0 Å². The van der Waals surface area contributed by atoms with E-state index in [4.69, 9.17) is 13.9 Å². The highest BCUT2D eigenvalue weighted by molar-refractivity contribution is 5.73. The number of piperidine rings is 1. The summed E-state index contributed by atoms with van der Waals surface area (Å²) in [7, 11) is 1.63. The number of amides is 2. The molecule has 0 bridgehead atoms. The van der Waals surface area contributed by atoms with Gasteiger partial charge < -0.3 is 24.5 Å². The molecule has 2 heterocycles. The number of benzene rings is 1. The Labute approximate surface area is 166 Å². The Morgan fingerprint density at radius 2 is 1.86 bits per heavy atom. The summed E-state index contributed by atoms with van der Waals surface area (Å²) in [5.74, 6) is 2.42. The van der Waals surface area contributed by atoms with Crippen molar-refractivity contribution in [1.29, 1.82) is 0 Å². The lowest BCUT2D eigenvalue weighted by molar-refractivity contribution is 0.143. The number of nitrogens with one attached hydrogen (secondary N) is 2. The van der Waals surface area contributed by atoms with Gasteiger partial charge in [-0.15, -0.1) is 0 Å². The Bertz CT molecular complexity index is 697. The van der Waals surface area contributed by atoms with Gasteiger partial charge in [0.2, 0.25) is 0 Å². The summed E-state index contributed by atoms with van der Waals surface area (Å²) >= 11 is 0. The van der Waals surface area contributed by atoms with Gasteiger partial charge in [-0.25, -0.2) is 4.79 Å². The molecule has 2 aromatic rings. The first-order valence-corrected chi connectivity index (χ1v) is 9.82. The van der Waals surface area contributed by atoms with Gasteiger partial charge in [0, 0.05) is 6.54 Å². The van der Waals surface area contributed by atoms with Gasteiger partial charge in [0.1, 0.15) is 23.9 Å². The summed E-state index contributed by atoms with van der Waals surface area (Å²) in [6, 6.07) is 11.1. The van der Waals surface area contributed by atoms with Gasteiger partial charge in [0.25, 0.3) is 0 Å². The van der Waals surface area contributed by atoms with Gasteiger partial charge in [0.15, 0.2) is 0 Å². The van der Waals surface area contributed by atoms with Crippen molar-refractivity contribution in [3.63, 3.8) is 0 Å². The number of ether oxygens (including phenoxy) is 2. The fourth-order valence-electron chi connectivity index (χ4n) is 3.38. The summed E-state index contributed by atoms with van der Waals surface area (Å²) < 4.78 is 16.3. The first kappa shape index (κ1) is 20.1. The third-order valence-electron chi connectivity index (χ3n) is 4.87. The van der Waals surface area contributed by atoms with Crippen LogP contribution in [0.2, 0.25) is 0 Å². The maximum atomic E-state index is 12.2. The topological polar surface area (TPSA) is 76.0 Å². The lowest BCUT2D eigenvalue weighted by Crippen LogP contribution is -2.44. The predicted octanol–water partition coefficient (Wildman–Crippen LogP) is 3.19. The second-order valence-electron chi connectivity index (χ2n) is 6.79. The lowest BCUT2D eigenvalue weighted by Gasteiger charge is -2.33. The number of hydrogen-bond donors (Lipinski definition) is 2. The summed E-state index contributed by atoms with van der Waals surface area (Å²) in [6.07, 6.45) is 5.32. The van der Waals surface area contributed by atoms with E-state index >= 15 is 0 Å². The molecule has 28 heavy (non-hydrogen) atoms. The smallest absolute Gasteiger partial charge is 0.314 e. The normalized spacial score (nSPS) is 15.6. The molecule has 1 aromatic heterocycles. The molecule has 0 aliphatic carbocycles. The van der Waals surface area contributed by atoms with Crippen molar-refractivity contribution in [3.05, 3.63) is 48.4 Å². The Hall–Kier alpha value is -2.67. The molecule has 1 unspecified atom stereocenters. The maximum absolute atomic E-state index is 12.2. The van der Waals surface area contributed by atoms with Gasteiger partial charge in [-0.05, 0) is 62.3 Å². The third-order valence-corrected chi connectivity index (χ3v) is 4.87. The van der Waals surface area contributed by atoms with Crippen LogP contribution in [-0.4, -0.2) is 50.8 Å². The Kier molecular flexibility index (Phi) is 7.61. The molecule has 0 radical (unpaired) electrons. The monoisotopic (exact) mass is 387 g/mol. The van der Waals surface area contributed by atoms with Crippen LogP contribution in [0.4, 0.5) is 4.79 Å². The predicted molar refractivity (Wildman–Crippen MR) is 107 cm³/mol. The average molecular weight is 387 g/mol. The average Bonchev–Trinajstić information content (AvgIpc) is 3.27. The molecule has 1 saturated heterocycles. The SMILES string of the molecule is COc1ccc(OCCNC(=O)NCC(c2ccco2)N2CCCCC2)cc1. The second-order valence-corrected chi connectivity index (χ2v) is 6.79. The highest BCUT2D eigenvalue weighted by Crippen LogP contribution is 2.24. The van der Waals surface area contributed by atoms with Crippen molar-refractivity contribution >= 4 is 6.03 Å². The lowest BCUT2D eigenvalue weighted by atomic mass is 10.1. The van der Waals surface area contributed by atoms with E-state index in [1.54, 1.807) is 13.4 Å². The van der Waals surface area contributed by atoms with Gasteiger partial charge in [-0.1, -0.05) is 6.42 Å². The van der Waals surface area contributed by atoms with Crippen LogP contribution in [-0.2, 0) is 0 Å². The van der Waals surface area contributed by atoms with Crippen molar-refractivity contribution in [2.45, 2.75) is 25.3 Å². The number of nitrogens with zero attached hydrogens (tertiary/aromatic N) is 1. The van der Waals surface area contributed by atoms with E-state index in [0.717, 1.165) is 30.3 Å². The van der Waals surface area contributed by atoms with Gasteiger partial charge >= 0.3 is 6.03 Å². The van der Waals surface area contributed by atoms with Crippen LogP contribution in [0.15, 0.2) is 47.1 Å². The van der Waals surface area contributed by atoms with E-state index < -0.39 is 0 Å². The molecule has 2 amide bonds. The van der Waals surface area contributed by atoms with Crippen LogP contribution in [0.25, 0.3) is 0 Å². The molecule has 3 rings (SSSR count). The molecule has 0 saturated carbocycles. The number of carbonyl (C=O) groups excluding carboxylic acids is 1. The van der Waals surface area contributed by atoms with Gasteiger partial charge in [-0.3, -0.25) is 4.90 Å². The van der Waals surface area contributed by atoms with Crippen molar-refractivity contribution in [2.24, 2.45) is 0 Å². The molecule has 1 atom stereocenters. The van der Waals surface area contributed by atoms with Crippen LogP contribution in [0, 0.1) is 0 Å². The molecule has 1 aliphatic rings. The molecule has 2 N–H and O–H groups in total. The molecule has 7 nitrogen and oxygen atoms in total. The molecule has 1 aliphatic heterocycles. The molecule has 0 spiro atoms. The minimum absolute atomic E-state index is 0.0663. The Balaban J connectivity index is 1.39. The minimum Gasteiger partial charge on any atom is -0.497 e. The summed E-state index contributed by atoms with van der Waals surface area (Å²) in [5.41, 5.74) is 0. The van der Waals surface area contributed by atoms with Crippen LogP contribution in [0.5, 0.6) is 11.5 Å². The highest BCUT2D eigenvalue weighted by atomic mass is 16.5. The summed E-state index contributed by atoms with van der Waals surface area (Å²) in [4.78, 5) is 14.5. The molecule has 152 valence electrons. The summed E-state index contributed by atoms with van der Waals surface area (Å²) in [6.45, 7) is 3.40. The zero-order valence-electron chi connectivity index (χ0n) is 16.4. The van der Waals surface area contributed by atoms with Crippen molar-refractivity contribution in [1.82, 2.24) is 15.5 Å². The van der Waals surface area contributed by atoms with E-state index in [9.17, 15) is 4.79 Å².